The fourth-order valence-corrected chi connectivity index (χ4v) is 2.98. The van der Waals surface area contributed by atoms with Gasteiger partial charge in [-0.15, -0.1) is 0 Å². The van der Waals surface area contributed by atoms with E-state index in [2.05, 4.69) is 12.2 Å². The van der Waals surface area contributed by atoms with E-state index in [1.165, 1.54) is 0 Å². The normalized spacial score (nSPS) is 21.3. The molecule has 3 N–H and O–H groups in total. The molecule has 116 valence electrons. The van der Waals surface area contributed by atoms with Gasteiger partial charge in [0.2, 0.25) is 5.91 Å². The summed E-state index contributed by atoms with van der Waals surface area (Å²) in [5.74, 6) is 1.35. The maximum absolute atomic E-state index is 12.4. The number of amides is 1. The Hall–Kier alpha value is -1.55. The molecule has 1 aromatic rings. The lowest BCUT2D eigenvalue weighted by Gasteiger charge is -2.18. The standard InChI is InChI=1S/C17H26N2O2/c1-3-9-21-14-7-8-16(12(2)10-14)19-17(20)15-6-4-5-13(15)11-18/h7-8,10,13,15H,3-6,9,11,18H2,1-2H3,(H,19,20)/t13-,15-/m1/s1. The zero-order valence-corrected chi connectivity index (χ0v) is 13.0. The molecular formula is C17H26N2O2. The molecule has 1 aromatic carbocycles. The van der Waals surface area contributed by atoms with Crippen LogP contribution in [0.2, 0.25) is 0 Å². The molecule has 0 saturated heterocycles. The van der Waals surface area contributed by atoms with Crippen molar-refractivity contribution in [3.05, 3.63) is 23.8 Å². The van der Waals surface area contributed by atoms with Gasteiger partial charge >= 0.3 is 0 Å². The van der Waals surface area contributed by atoms with E-state index < -0.39 is 0 Å². The number of nitrogens with two attached hydrogens (primary N) is 1. The second kappa shape index (κ2) is 7.46. The summed E-state index contributed by atoms with van der Waals surface area (Å²) >= 11 is 0. The molecule has 0 radical (unpaired) electrons. The van der Waals surface area contributed by atoms with Gasteiger partial charge in [0.25, 0.3) is 0 Å². The van der Waals surface area contributed by atoms with Crippen molar-refractivity contribution in [1.29, 1.82) is 0 Å². The number of hydrogen-bond donors (Lipinski definition) is 2. The molecule has 0 heterocycles. The van der Waals surface area contributed by atoms with Crippen LogP contribution < -0.4 is 15.8 Å². The second-order valence-corrected chi connectivity index (χ2v) is 5.85. The van der Waals surface area contributed by atoms with Crippen LogP contribution >= 0.6 is 0 Å². The number of anilines is 1. The summed E-state index contributed by atoms with van der Waals surface area (Å²) in [5.41, 5.74) is 7.65. The van der Waals surface area contributed by atoms with E-state index in [0.29, 0.717) is 19.1 Å². The molecule has 21 heavy (non-hydrogen) atoms. The predicted molar refractivity (Wildman–Crippen MR) is 85.5 cm³/mol. The van der Waals surface area contributed by atoms with Crippen molar-refractivity contribution in [1.82, 2.24) is 0 Å². The molecule has 0 bridgehead atoms. The number of carbonyl (C=O) groups excluding carboxylic acids is 1. The van der Waals surface area contributed by atoms with Crippen LogP contribution in [-0.4, -0.2) is 19.1 Å². The van der Waals surface area contributed by atoms with Gasteiger partial charge in [-0.05, 0) is 62.4 Å². The first-order chi connectivity index (χ1) is 10.2. The molecular weight excluding hydrogens is 264 g/mol. The first-order valence-corrected chi connectivity index (χ1v) is 7.90. The molecule has 1 aliphatic rings. The van der Waals surface area contributed by atoms with Gasteiger partial charge in [-0.3, -0.25) is 4.79 Å². The minimum atomic E-state index is 0.0606. The van der Waals surface area contributed by atoms with Crippen molar-refractivity contribution in [2.45, 2.75) is 39.5 Å². The predicted octanol–water partition coefficient (Wildman–Crippen LogP) is 3.10. The van der Waals surface area contributed by atoms with E-state index in [-0.39, 0.29) is 11.8 Å². The Balaban J connectivity index is 2.00. The lowest BCUT2D eigenvalue weighted by Crippen LogP contribution is -2.29. The number of nitrogens with one attached hydrogen (secondary N) is 1. The minimum Gasteiger partial charge on any atom is -0.494 e. The minimum absolute atomic E-state index is 0.0606. The lowest BCUT2D eigenvalue weighted by atomic mass is 9.95. The van der Waals surface area contributed by atoms with Crippen LogP contribution in [-0.2, 0) is 4.79 Å². The zero-order valence-electron chi connectivity index (χ0n) is 13.0. The molecule has 1 saturated carbocycles. The van der Waals surface area contributed by atoms with Crippen molar-refractivity contribution < 1.29 is 9.53 Å². The molecule has 1 amide bonds. The van der Waals surface area contributed by atoms with E-state index in [0.717, 1.165) is 42.7 Å². The third kappa shape index (κ3) is 3.97. The van der Waals surface area contributed by atoms with Gasteiger partial charge in [0.1, 0.15) is 5.75 Å². The fourth-order valence-electron chi connectivity index (χ4n) is 2.98. The summed E-state index contributed by atoms with van der Waals surface area (Å²) in [7, 11) is 0. The van der Waals surface area contributed by atoms with Gasteiger partial charge in [0, 0.05) is 11.6 Å². The summed E-state index contributed by atoms with van der Waals surface area (Å²) in [5, 5.41) is 3.05. The molecule has 4 heteroatoms. The number of hydrogen-bond acceptors (Lipinski definition) is 3. The van der Waals surface area contributed by atoms with Crippen molar-refractivity contribution in [3.63, 3.8) is 0 Å². The highest BCUT2D eigenvalue weighted by molar-refractivity contribution is 5.93. The highest BCUT2D eigenvalue weighted by Crippen LogP contribution is 2.32. The summed E-state index contributed by atoms with van der Waals surface area (Å²) in [6.45, 7) is 5.38. The molecule has 4 nitrogen and oxygen atoms in total. The molecule has 1 aliphatic carbocycles. The Morgan fingerprint density at radius 2 is 2.24 bits per heavy atom. The lowest BCUT2D eigenvalue weighted by molar-refractivity contribution is -0.120. The molecule has 0 unspecified atom stereocenters. The van der Waals surface area contributed by atoms with Crippen molar-refractivity contribution >= 4 is 11.6 Å². The van der Waals surface area contributed by atoms with Crippen LogP contribution in [0.1, 0.15) is 38.2 Å². The van der Waals surface area contributed by atoms with Crippen molar-refractivity contribution in [3.8, 4) is 5.75 Å². The number of carbonyl (C=O) groups is 1. The maximum atomic E-state index is 12.4. The van der Waals surface area contributed by atoms with Crippen molar-refractivity contribution in [2.75, 3.05) is 18.5 Å². The van der Waals surface area contributed by atoms with Crippen molar-refractivity contribution in [2.24, 2.45) is 17.6 Å². The maximum Gasteiger partial charge on any atom is 0.227 e. The topological polar surface area (TPSA) is 64.3 Å². The summed E-state index contributed by atoms with van der Waals surface area (Å²) in [6, 6.07) is 5.80. The first kappa shape index (κ1) is 15.8. The van der Waals surface area contributed by atoms with Gasteiger partial charge < -0.3 is 15.8 Å². The van der Waals surface area contributed by atoms with E-state index in [4.69, 9.17) is 10.5 Å². The highest BCUT2D eigenvalue weighted by atomic mass is 16.5. The van der Waals surface area contributed by atoms with Crippen LogP contribution in [0, 0.1) is 18.8 Å². The van der Waals surface area contributed by atoms with Gasteiger partial charge in [0.05, 0.1) is 6.61 Å². The largest absolute Gasteiger partial charge is 0.494 e. The molecule has 0 spiro atoms. The smallest absolute Gasteiger partial charge is 0.227 e. The molecule has 1 fully saturated rings. The number of rotatable bonds is 6. The van der Waals surface area contributed by atoms with Crippen LogP contribution in [0.5, 0.6) is 5.75 Å². The van der Waals surface area contributed by atoms with Crippen LogP contribution in [0.25, 0.3) is 0 Å². The summed E-state index contributed by atoms with van der Waals surface area (Å²) < 4.78 is 5.60. The zero-order chi connectivity index (χ0) is 15.2. The Bertz CT molecular complexity index is 488. The van der Waals surface area contributed by atoms with Crippen LogP contribution in [0.3, 0.4) is 0 Å². The molecule has 0 aliphatic heterocycles. The van der Waals surface area contributed by atoms with E-state index in [1.54, 1.807) is 0 Å². The van der Waals surface area contributed by atoms with Gasteiger partial charge in [-0.2, -0.15) is 0 Å². The number of aryl methyl sites for hydroxylation is 1. The van der Waals surface area contributed by atoms with E-state index in [1.807, 2.05) is 25.1 Å². The molecule has 2 atom stereocenters. The Kier molecular flexibility index (Phi) is 5.62. The first-order valence-electron chi connectivity index (χ1n) is 7.90. The average Bonchev–Trinajstić information content (AvgIpc) is 2.96. The van der Waals surface area contributed by atoms with E-state index in [9.17, 15) is 4.79 Å². The third-order valence-corrected chi connectivity index (χ3v) is 4.23. The monoisotopic (exact) mass is 290 g/mol. The van der Waals surface area contributed by atoms with E-state index >= 15 is 0 Å². The van der Waals surface area contributed by atoms with Gasteiger partial charge in [-0.25, -0.2) is 0 Å². The molecule has 2 rings (SSSR count). The number of benzene rings is 1. The Morgan fingerprint density at radius 1 is 1.43 bits per heavy atom. The summed E-state index contributed by atoms with van der Waals surface area (Å²) in [4.78, 5) is 12.4. The Morgan fingerprint density at radius 3 is 2.90 bits per heavy atom. The Labute approximate surface area is 127 Å². The fraction of sp³-hybridized carbons (Fsp3) is 0.588. The quantitative estimate of drug-likeness (QED) is 0.846. The average molecular weight is 290 g/mol. The second-order valence-electron chi connectivity index (χ2n) is 5.85. The SMILES string of the molecule is CCCOc1ccc(NC(=O)[C@@H]2CCC[C@@H]2CN)c(C)c1. The van der Waals surface area contributed by atoms with Crippen LogP contribution in [0.15, 0.2) is 18.2 Å². The van der Waals surface area contributed by atoms with Gasteiger partial charge in [-0.1, -0.05) is 13.3 Å². The highest BCUT2D eigenvalue weighted by Gasteiger charge is 2.32. The number of ether oxygens (including phenoxy) is 1. The van der Waals surface area contributed by atoms with Crippen LogP contribution in [0.4, 0.5) is 5.69 Å². The summed E-state index contributed by atoms with van der Waals surface area (Å²) in [6.07, 6.45) is 4.10. The third-order valence-electron chi connectivity index (χ3n) is 4.23. The molecule has 0 aromatic heterocycles. The van der Waals surface area contributed by atoms with Gasteiger partial charge in [0.15, 0.2) is 0 Å².